The molecule has 0 aliphatic carbocycles. The first-order chi connectivity index (χ1) is 8.98. The highest BCUT2D eigenvalue weighted by Crippen LogP contribution is 2.32. The highest BCUT2D eigenvalue weighted by atomic mass is 19.4. The summed E-state index contributed by atoms with van der Waals surface area (Å²) in [5.41, 5.74) is 7.01. The molecule has 4 heteroatoms. The summed E-state index contributed by atoms with van der Waals surface area (Å²) in [7, 11) is 0. The molecule has 0 radical (unpaired) electrons. The molecular weight excluding hydrogens is 251 g/mol. The van der Waals surface area contributed by atoms with Crippen LogP contribution in [0, 0.1) is 0 Å². The molecule has 19 heavy (non-hydrogen) atoms. The van der Waals surface area contributed by atoms with Crippen molar-refractivity contribution in [1.29, 1.82) is 0 Å². The van der Waals surface area contributed by atoms with Gasteiger partial charge in [0.15, 0.2) is 0 Å². The van der Waals surface area contributed by atoms with Crippen LogP contribution in [0.3, 0.4) is 0 Å². The molecular formula is C15H14F3N. The molecule has 2 aromatic rings. The van der Waals surface area contributed by atoms with Gasteiger partial charge in [-0.2, -0.15) is 13.2 Å². The van der Waals surface area contributed by atoms with Gasteiger partial charge in [-0.1, -0.05) is 54.6 Å². The van der Waals surface area contributed by atoms with Crippen LogP contribution < -0.4 is 5.73 Å². The van der Waals surface area contributed by atoms with Crippen LogP contribution in [0.2, 0.25) is 0 Å². The molecule has 0 aliphatic rings. The lowest BCUT2D eigenvalue weighted by atomic mass is 9.95. The molecule has 0 amide bonds. The van der Waals surface area contributed by atoms with Crippen LogP contribution in [0.15, 0.2) is 54.6 Å². The maximum atomic E-state index is 12.7. The third kappa shape index (κ3) is 3.35. The Kier molecular flexibility index (Phi) is 3.90. The Bertz CT molecular complexity index is 535. The van der Waals surface area contributed by atoms with Crippen LogP contribution in [0.25, 0.3) is 0 Å². The molecule has 2 aromatic carbocycles. The molecule has 1 atom stereocenters. The van der Waals surface area contributed by atoms with Crippen LogP contribution in [0.4, 0.5) is 13.2 Å². The lowest BCUT2D eigenvalue weighted by molar-refractivity contribution is -0.149. The van der Waals surface area contributed by atoms with E-state index in [4.69, 9.17) is 5.73 Å². The predicted molar refractivity (Wildman–Crippen MR) is 68.7 cm³/mol. The first-order valence-corrected chi connectivity index (χ1v) is 5.92. The first-order valence-electron chi connectivity index (χ1n) is 5.92. The lowest BCUT2D eigenvalue weighted by Crippen LogP contribution is -2.29. The van der Waals surface area contributed by atoms with Gasteiger partial charge in [0, 0.05) is 0 Å². The molecule has 2 N–H and O–H groups in total. The third-order valence-corrected chi connectivity index (χ3v) is 2.98. The quantitative estimate of drug-likeness (QED) is 0.896. The third-order valence-electron chi connectivity index (χ3n) is 2.98. The number of alkyl halides is 3. The van der Waals surface area contributed by atoms with Gasteiger partial charge >= 0.3 is 6.18 Å². The summed E-state index contributed by atoms with van der Waals surface area (Å²) < 4.78 is 38.2. The Morgan fingerprint density at radius 2 is 1.47 bits per heavy atom. The topological polar surface area (TPSA) is 26.0 Å². The minimum atomic E-state index is -4.42. The van der Waals surface area contributed by atoms with Crippen molar-refractivity contribution in [2.45, 2.75) is 18.6 Å². The number of rotatable bonds is 3. The van der Waals surface area contributed by atoms with Gasteiger partial charge in [0.2, 0.25) is 0 Å². The predicted octanol–water partition coefficient (Wildman–Crippen LogP) is 3.84. The fourth-order valence-corrected chi connectivity index (χ4v) is 1.99. The molecule has 1 nitrogen and oxygen atoms in total. The normalized spacial score (nSPS) is 13.3. The molecule has 0 aliphatic heterocycles. The largest absolute Gasteiger partial charge is 0.407 e. The van der Waals surface area contributed by atoms with E-state index in [2.05, 4.69) is 0 Å². The number of nitrogens with two attached hydrogens (primary N) is 1. The van der Waals surface area contributed by atoms with E-state index >= 15 is 0 Å². The van der Waals surface area contributed by atoms with Crippen molar-refractivity contribution in [2.24, 2.45) is 5.73 Å². The second kappa shape index (κ2) is 5.45. The van der Waals surface area contributed by atoms with Crippen molar-refractivity contribution < 1.29 is 13.2 Å². The summed E-state index contributed by atoms with van der Waals surface area (Å²) in [4.78, 5) is 0. The fourth-order valence-electron chi connectivity index (χ4n) is 1.99. The van der Waals surface area contributed by atoms with Crippen molar-refractivity contribution in [1.82, 2.24) is 0 Å². The molecule has 0 spiro atoms. The fraction of sp³-hybridized carbons (Fsp3) is 0.200. The van der Waals surface area contributed by atoms with E-state index in [1.54, 1.807) is 18.2 Å². The molecule has 0 heterocycles. The molecule has 2 rings (SSSR count). The smallest absolute Gasteiger partial charge is 0.316 e. The van der Waals surface area contributed by atoms with E-state index in [1.807, 2.05) is 30.3 Å². The number of halogens is 3. The molecule has 0 saturated heterocycles. The van der Waals surface area contributed by atoms with Crippen molar-refractivity contribution in [3.05, 3.63) is 71.3 Å². The van der Waals surface area contributed by atoms with Gasteiger partial charge in [0.25, 0.3) is 0 Å². The molecule has 0 fully saturated rings. The Morgan fingerprint density at radius 3 is 2.11 bits per heavy atom. The van der Waals surface area contributed by atoms with Gasteiger partial charge < -0.3 is 5.73 Å². The van der Waals surface area contributed by atoms with Gasteiger partial charge in [-0.3, -0.25) is 0 Å². The second-order valence-corrected chi connectivity index (χ2v) is 4.38. The molecule has 0 unspecified atom stereocenters. The average molecular weight is 265 g/mol. The van der Waals surface area contributed by atoms with Crippen molar-refractivity contribution in [3.63, 3.8) is 0 Å². The van der Waals surface area contributed by atoms with Crippen LogP contribution in [0.1, 0.15) is 22.7 Å². The standard InChI is InChI=1S/C15H14F3N/c16-15(17,18)14(19)13-9-5-4-8-12(13)10-11-6-2-1-3-7-11/h1-9,14H,10,19H2/t14-/m0/s1. The Balaban J connectivity index is 2.32. The zero-order chi connectivity index (χ0) is 13.9. The highest BCUT2D eigenvalue weighted by molar-refractivity contribution is 5.35. The highest BCUT2D eigenvalue weighted by Gasteiger charge is 2.38. The van der Waals surface area contributed by atoms with E-state index in [9.17, 15) is 13.2 Å². The van der Waals surface area contributed by atoms with Crippen molar-refractivity contribution >= 4 is 0 Å². The van der Waals surface area contributed by atoms with Crippen LogP contribution in [-0.4, -0.2) is 6.18 Å². The van der Waals surface area contributed by atoms with Gasteiger partial charge in [-0.25, -0.2) is 0 Å². The summed E-state index contributed by atoms with van der Waals surface area (Å²) >= 11 is 0. The Morgan fingerprint density at radius 1 is 0.895 bits per heavy atom. The van der Waals surface area contributed by atoms with Crippen molar-refractivity contribution in [3.8, 4) is 0 Å². The lowest BCUT2D eigenvalue weighted by Gasteiger charge is -2.19. The van der Waals surface area contributed by atoms with E-state index in [-0.39, 0.29) is 5.56 Å². The SMILES string of the molecule is N[C@@H](c1ccccc1Cc1ccccc1)C(F)(F)F. The minimum Gasteiger partial charge on any atom is -0.316 e. The Hall–Kier alpha value is -1.81. The molecule has 100 valence electrons. The second-order valence-electron chi connectivity index (χ2n) is 4.38. The molecule has 0 aromatic heterocycles. The van der Waals surface area contributed by atoms with Crippen LogP contribution in [0.5, 0.6) is 0 Å². The summed E-state index contributed by atoms with van der Waals surface area (Å²) in [6.07, 6.45) is -3.98. The maximum absolute atomic E-state index is 12.7. The molecule has 0 saturated carbocycles. The summed E-state index contributed by atoms with van der Waals surface area (Å²) in [5, 5.41) is 0. The Labute approximate surface area is 109 Å². The zero-order valence-corrected chi connectivity index (χ0v) is 10.2. The van der Waals surface area contributed by atoms with Gasteiger partial charge in [0.1, 0.15) is 6.04 Å². The van der Waals surface area contributed by atoms with Gasteiger partial charge in [-0.15, -0.1) is 0 Å². The summed E-state index contributed by atoms with van der Waals surface area (Å²) in [6, 6.07) is 13.9. The monoisotopic (exact) mass is 265 g/mol. The minimum absolute atomic E-state index is 0.138. The number of benzene rings is 2. The van der Waals surface area contributed by atoms with E-state index in [0.29, 0.717) is 12.0 Å². The molecule has 0 bridgehead atoms. The van der Waals surface area contributed by atoms with E-state index in [0.717, 1.165) is 5.56 Å². The van der Waals surface area contributed by atoms with E-state index in [1.165, 1.54) is 6.07 Å². The number of hydrogen-bond acceptors (Lipinski definition) is 1. The maximum Gasteiger partial charge on any atom is 0.407 e. The van der Waals surface area contributed by atoms with Crippen LogP contribution >= 0.6 is 0 Å². The summed E-state index contributed by atoms with van der Waals surface area (Å²) in [6.45, 7) is 0. The van der Waals surface area contributed by atoms with Gasteiger partial charge in [0.05, 0.1) is 0 Å². The first kappa shape index (κ1) is 13.6. The van der Waals surface area contributed by atoms with E-state index < -0.39 is 12.2 Å². The number of hydrogen-bond donors (Lipinski definition) is 1. The van der Waals surface area contributed by atoms with Crippen molar-refractivity contribution in [2.75, 3.05) is 0 Å². The zero-order valence-electron chi connectivity index (χ0n) is 10.2. The van der Waals surface area contributed by atoms with Gasteiger partial charge in [-0.05, 0) is 23.1 Å². The summed E-state index contributed by atoms with van der Waals surface area (Å²) in [5.74, 6) is 0. The van der Waals surface area contributed by atoms with Crippen LogP contribution in [-0.2, 0) is 6.42 Å². The average Bonchev–Trinajstić information content (AvgIpc) is 2.39.